The van der Waals surface area contributed by atoms with E-state index in [9.17, 15) is 14.4 Å². The van der Waals surface area contributed by atoms with Crippen LogP contribution in [0.2, 0.25) is 0 Å². The van der Waals surface area contributed by atoms with Crippen LogP contribution in [0.25, 0.3) is 0 Å². The standard InChI is InChI=1S/C15H21N3O4/c1-5-16-15(21)17-13(19)10(2)22-14(20)11-6-8-12(9-7-11)18(3)4/h6-10H,5H2,1-4H3,(H2,16,17,19,21)/t10-/m0/s1. The summed E-state index contributed by atoms with van der Waals surface area (Å²) in [7, 11) is 3.78. The van der Waals surface area contributed by atoms with Crippen LogP contribution in [0.1, 0.15) is 24.2 Å². The van der Waals surface area contributed by atoms with Crippen molar-refractivity contribution in [1.29, 1.82) is 0 Å². The summed E-state index contributed by atoms with van der Waals surface area (Å²) in [6, 6.07) is 6.16. The number of rotatable bonds is 5. The lowest BCUT2D eigenvalue weighted by atomic mass is 10.2. The highest BCUT2D eigenvalue weighted by Gasteiger charge is 2.20. The maximum atomic E-state index is 11.9. The highest BCUT2D eigenvalue weighted by atomic mass is 16.5. The first-order chi connectivity index (χ1) is 10.3. The molecule has 0 aliphatic heterocycles. The number of benzene rings is 1. The van der Waals surface area contributed by atoms with Crippen LogP contribution in [0.4, 0.5) is 10.5 Å². The Hall–Kier alpha value is -2.57. The Morgan fingerprint density at radius 3 is 2.27 bits per heavy atom. The largest absolute Gasteiger partial charge is 0.449 e. The number of amides is 3. The lowest BCUT2D eigenvalue weighted by Gasteiger charge is -2.14. The summed E-state index contributed by atoms with van der Waals surface area (Å²) in [5.41, 5.74) is 1.28. The molecule has 0 aliphatic carbocycles. The average molecular weight is 307 g/mol. The smallest absolute Gasteiger partial charge is 0.338 e. The Labute approximate surface area is 129 Å². The molecule has 0 radical (unpaired) electrons. The molecule has 0 saturated heterocycles. The van der Waals surface area contributed by atoms with Gasteiger partial charge < -0.3 is 15.0 Å². The second kappa shape index (κ2) is 8.02. The number of hydrogen-bond acceptors (Lipinski definition) is 5. The minimum absolute atomic E-state index is 0.336. The number of carbonyl (C=O) groups excluding carboxylic acids is 3. The number of nitrogens with zero attached hydrogens (tertiary/aromatic N) is 1. The number of carbonyl (C=O) groups is 3. The molecule has 0 aromatic heterocycles. The molecule has 120 valence electrons. The molecule has 7 nitrogen and oxygen atoms in total. The molecule has 0 spiro atoms. The Bertz CT molecular complexity index is 540. The van der Waals surface area contributed by atoms with E-state index < -0.39 is 24.0 Å². The molecule has 0 unspecified atom stereocenters. The van der Waals surface area contributed by atoms with Crippen LogP contribution in [0.15, 0.2) is 24.3 Å². The first-order valence-corrected chi connectivity index (χ1v) is 6.92. The van der Waals surface area contributed by atoms with Gasteiger partial charge in [-0.2, -0.15) is 0 Å². The van der Waals surface area contributed by atoms with Crippen molar-refractivity contribution in [1.82, 2.24) is 10.6 Å². The van der Waals surface area contributed by atoms with Gasteiger partial charge in [-0.15, -0.1) is 0 Å². The van der Waals surface area contributed by atoms with Gasteiger partial charge in [0.15, 0.2) is 6.10 Å². The predicted octanol–water partition coefficient (Wildman–Crippen LogP) is 1.14. The topological polar surface area (TPSA) is 87.7 Å². The van der Waals surface area contributed by atoms with Crippen LogP contribution in [-0.4, -0.2) is 44.7 Å². The van der Waals surface area contributed by atoms with Gasteiger partial charge in [0.05, 0.1) is 5.56 Å². The SMILES string of the molecule is CCNC(=O)NC(=O)[C@H](C)OC(=O)c1ccc(N(C)C)cc1. The molecule has 0 heterocycles. The van der Waals surface area contributed by atoms with Gasteiger partial charge in [-0.05, 0) is 38.1 Å². The van der Waals surface area contributed by atoms with E-state index in [0.29, 0.717) is 12.1 Å². The van der Waals surface area contributed by atoms with Crippen LogP contribution in [0, 0.1) is 0 Å². The molecule has 7 heteroatoms. The van der Waals surface area contributed by atoms with E-state index in [0.717, 1.165) is 5.69 Å². The Morgan fingerprint density at radius 1 is 1.18 bits per heavy atom. The molecule has 3 amide bonds. The lowest BCUT2D eigenvalue weighted by molar-refractivity contribution is -0.127. The van der Waals surface area contributed by atoms with Crippen LogP contribution < -0.4 is 15.5 Å². The van der Waals surface area contributed by atoms with Crippen molar-refractivity contribution in [3.63, 3.8) is 0 Å². The molecule has 2 N–H and O–H groups in total. The van der Waals surface area contributed by atoms with Crippen molar-refractivity contribution in [3.8, 4) is 0 Å². The monoisotopic (exact) mass is 307 g/mol. The third kappa shape index (κ3) is 5.08. The molecule has 22 heavy (non-hydrogen) atoms. The van der Waals surface area contributed by atoms with Crippen LogP contribution in [0.3, 0.4) is 0 Å². The zero-order valence-corrected chi connectivity index (χ0v) is 13.2. The average Bonchev–Trinajstić information content (AvgIpc) is 2.47. The number of nitrogens with one attached hydrogen (secondary N) is 2. The third-order valence-corrected chi connectivity index (χ3v) is 2.85. The predicted molar refractivity (Wildman–Crippen MR) is 82.9 cm³/mol. The zero-order valence-electron chi connectivity index (χ0n) is 13.2. The van der Waals surface area contributed by atoms with Crippen LogP contribution in [0.5, 0.6) is 0 Å². The van der Waals surface area contributed by atoms with Gasteiger partial charge in [-0.1, -0.05) is 0 Å². The summed E-state index contributed by atoms with van der Waals surface area (Å²) in [6.45, 7) is 3.52. The van der Waals surface area contributed by atoms with Gasteiger partial charge >= 0.3 is 12.0 Å². The van der Waals surface area contributed by atoms with Gasteiger partial charge in [-0.25, -0.2) is 9.59 Å². The summed E-state index contributed by atoms with van der Waals surface area (Å²) in [4.78, 5) is 36.7. The summed E-state index contributed by atoms with van der Waals surface area (Å²) < 4.78 is 5.03. The molecule has 0 fully saturated rings. The fourth-order valence-corrected chi connectivity index (χ4v) is 1.60. The second-order valence-corrected chi connectivity index (χ2v) is 4.84. The molecule has 1 rings (SSSR count). The number of ether oxygens (including phenoxy) is 1. The summed E-state index contributed by atoms with van der Waals surface area (Å²) in [6.07, 6.45) is -1.07. The normalized spacial score (nSPS) is 11.3. The van der Waals surface area contributed by atoms with Gasteiger partial charge in [0.1, 0.15) is 0 Å². The van der Waals surface area contributed by atoms with Gasteiger partial charge in [-0.3, -0.25) is 10.1 Å². The van der Waals surface area contributed by atoms with Crippen molar-refractivity contribution in [2.45, 2.75) is 20.0 Å². The van der Waals surface area contributed by atoms with E-state index in [1.54, 1.807) is 31.2 Å². The van der Waals surface area contributed by atoms with Crippen molar-refractivity contribution in [2.75, 3.05) is 25.5 Å². The maximum Gasteiger partial charge on any atom is 0.338 e. The second-order valence-electron chi connectivity index (χ2n) is 4.84. The zero-order chi connectivity index (χ0) is 16.7. The first kappa shape index (κ1) is 17.5. The van der Waals surface area contributed by atoms with Gasteiger partial charge in [0, 0.05) is 26.3 Å². The van der Waals surface area contributed by atoms with Crippen molar-refractivity contribution < 1.29 is 19.1 Å². The van der Waals surface area contributed by atoms with E-state index >= 15 is 0 Å². The van der Waals surface area contributed by atoms with E-state index in [1.807, 2.05) is 19.0 Å². The van der Waals surface area contributed by atoms with E-state index in [2.05, 4.69) is 10.6 Å². The van der Waals surface area contributed by atoms with Crippen molar-refractivity contribution in [2.24, 2.45) is 0 Å². The van der Waals surface area contributed by atoms with Gasteiger partial charge in [0.25, 0.3) is 5.91 Å². The highest BCUT2D eigenvalue weighted by molar-refractivity contribution is 5.98. The molecular weight excluding hydrogens is 286 g/mol. The van der Waals surface area contributed by atoms with Crippen LogP contribution in [-0.2, 0) is 9.53 Å². The lowest BCUT2D eigenvalue weighted by Crippen LogP contribution is -2.44. The Kier molecular flexibility index (Phi) is 6.37. The molecule has 1 aromatic rings. The van der Waals surface area contributed by atoms with Crippen LogP contribution >= 0.6 is 0 Å². The van der Waals surface area contributed by atoms with E-state index in [-0.39, 0.29) is 0 Å². The number of urea groups is 1. The van der Waals surface area contributed by atoms with E-state index in [4.69, 9.17) is 4.74 Å². The quantitative estimate of drug-likeness (QED) is 0.797. The fraction of sp³-hybridized carbons (Fsp3) is 0.400. The third-order valence-electron chi connectivity index (χ3n) is 2.85. The molecule has 0 saturated carbocycles. The van der Waals surface area contributed by atoms with Crippen molar-refractivity contribution >= 4 is 23.6 Å². The first-order valence-electron chi connectivity index (χ1n) is 6.92. The molecule has 0 aliphatic rings. The minimum Gasteiger partial charge on any atom is -0.449 e. The number of esters is 1. The molecule has 0 bridgehead atoms. The molecule has 1 aromatic carbocycles. The minimum atomic E-state index is -1.07. The Morgan fingerprint density at radius 2 is 1.77 bits per heavy atom. The van der Waals surface area contributed by atoms with Gasteiger partial charge in [0.2, 0.25) is 0 Å². The van der Waals surface area contributed by atoms with E-state index in [1.165, 1.54) is 6.92 Å². The summed E-state index contributed by atoms with van der Waals surface area (Å²) >= 11 is 0. The fourth-order valence-electron chi connectivity index (χ4n) is 1.60. The molecular formula is C15H21N3O4. The number of imide groups is 1. The summed E-state index contributed by atoms with van der Waals surface area (Å²) in [5, 5.41) is 4.51. The Balaban J connectivity index is 2.59. The number of hydrogen-bond donors (Lipinski definition) is 2. The molecule has 1 atom stereocenters. The van der Waals surface area contributed by atoms with Crippen molar-refractivity contribution in [3.05, 3.63) is 29.8 Å². The maximum absolute atomic E-state index is 11.9. The summed E-state index contributed by atoms with van der Waals surface area (Å²) in [5.74, 6) is -1.30. The number of anilines is 1. The highest BCUT2D eigenvalue weighted by Crippen LogP contribution is 2.13.